The zero-order valence-electron chi connectivity index (χ0n) is 22.4. The van der Waals surface area contributed by atoms with Crippen LogP contribution in [0, 0.1) is 28.6 Å². The summed E-state index contributed by atoms with van der Waals surface area (Å²) in [6.07, 6.45) is 9.75. The van der Waals surface area contributed by atoms with Crippen molar-refractivity contribution in [3.63, 3.8) is 0 Å². The molecule has 7 rings (SSSR count). The molecule has 1 aromatic heterocycles. The molecule has 7 heteroatoms. The van der Waals surface area contributed by atoms with E-state index in [4.69, 9.17) is 18.6 Å². The largest absolute Gasteiger partial charge is 0.459 e. The van der Waals surface area contributed by atoms with Crippen LogP contribution < -0.4 is 5.63 Å². The van der Waals surface area contributed by atoms with Crippen LogP contribution >= 0.6 is 0 Å². The van der Waals surface area contributed by atoms with Gasteiger partial charge in [0.2, 0.25) is 0 Å². The molecular weight excluding hydrogens is 470 g/mol. The Hall–Kier alpha value is -1.70. The van der Waals surface area contributed by atoms with Crippen molar-refractivity contribution in [2.75, 3.05) is 26.3 Å². The molecule has 0 N–H and O–H groups in total. The monoisotopic (exact) mass is 511 g/mol. The highest BCUT2D eigenvalue weighted by Crippen LogP contribution is 2.78. The molecule has 4 saturated carbocycles. The summed E-state index contributed by atoms with van der Waals surface area (Å²) in [7, 11) is 0. The van der Waals surface area contributed by atoms with E-state index in [2.05, 4.69) is 18.7 Å². The van der Waals surface area contributed by atoms with E-state index in [1.165, 1.54) is 51.5 Å². The maximum Gasteiger partial charge on any atom is 0.335 e. The second-order valence-corrected chi connectivity index (χ2v) is 13.3. The van der Waals surface area contributed by atoms with Gasteiger partial charge in [-0.2, -0.15) is 0 Å². The van der Waals surface area contributed by atoms with Crippen LogP contribution in [0.3, 0.4) is 0 Å². The van der Waals surface area contributed by atoms with Crippen LogP contribution in [-0.2, 0) is 19.0 Å². The number of epoxide rings is 1. The van der Waals surface area contributed by atoms with Crippen molar-refractivity contribution in [2.45, 2.75) is 95.5 Å². The van der Waals surface area contributed by atoms with E-state index in [-0.39, 0.29) is 40.7 Å². The normalized spacial score (nSPS) is 48.8. The number of morpholine rings is 1. The predicted octanol–water partition coefficient (Wildman–Crippen LogP) is 4.14. The lowest BCUT2D eigenvalue weighted by molar-refractivity contribution is -0.157. The molecule has 7 nitrogen and oxygen atoms in total. The van der Waals surface area contributed by atoms with Gasteiger partial charge in [-0.15, -0.1) is 0 Å². The molecule has 1 spiro atoms. The Kier molecular flexibility index (Phi) is 5.53. The summed E-state index contributed by atoms with van der Waals surface area (Å²) in [6.45, 7) is 10.3. The lowest BCUT2D eigenvalue weighted by Gasteiger charge is -2.61. The number of fused-ring (bicyclic) bond motifs is 3. The fourth-order valence-corrected chi connectivity index (χ4v) is 10.4. The average Bonchev–Trinajstić information content (AvgIpc) is 3.59. The number of ether oxygens (including phenoxy) is 3. The molecule has 202 valence electrons. The first kappa shape index (κ1) is 24.3. The van der Waals surface area contributed by atoms with E-state index in [0.29, 0.717) is 23.3 Å². The number of nitrogens with zero attached hydrogens (tertiary/aromatic N) is 1. The van der Waals surface area contributed by atoms with Crippen molar-refractivity contribution in [2.24, 2.45) is 28.6 Å². The fourth-order valence-electron chi connectivity index (χ4n) is 10.4. The Bertz CT molecular complexity index is 1110. The minimum atomic E-state index is -0.352. The Morgan fingerprint density at radius 2 is 1.86 bits per heavy atom. The molecule has 0 aromatic carbocycles. The molecule has 2 saturated heterocycles. The van der Waals surface area contributed by atoms with Gasteiger partial charge in [0.25, 0.3) is 0 Å². The van der Waals surface area contributed by atoms with Crippen molar-refractivity contribution in [3.8, 4) is 0 Å². The second kappa shape index (κ2) is 8.40. The van der Waals surface area contributed by atoms with Crippen LogP contribution in [-0.4, -0.2) is 61.0 Å². The first-order chi connectivity index (χ1) is 17.8. The van der Waals surface area contributed by atoms with E-state index < -0.39 is 0 Å². The number of hydrogen-bond donors (Lipinski definition) is 0. The number of carbonyl (C=O) groups is 1. The molecule has 1 aromatic rings. The summed E-state index contributed by atoms with van der Waals surface area (Å²) < 4.78 is 23.7. The summed E-state index contributed by atoms with van der Waals surface area (Å²) in [5.41, 5.74) is 0.522. The van der Waals surface area contributed by atoms with E-state index in [1.54, 1.807) is 6.26 Å². The highest BCUT2D eigenvalue weighted by Gasteiger charge is 2.84. The van der Waals surface area contributed by atoms with Gasteiger partial charge >= 0.3 is 11.6 Å². The molecule has 0 radical (unpaired) electrons. The van der Waals surface area contributed by atoms with Crippen LogP contribution in [0.4, 0.5) is 0 Å². The van der Waals surface area contributed by atoms with E-state index in [9.17, 15) is 9.59 Å². The molecular formula is C30H41NO6. The van der Waals surface area contributed by atoms with Crippen LogP contribution in [0.2, 0.25) is 0 Å². The molecule has 4 aliphatic carbocycles. The van der Waals surface area contributed by atoms with Crippen molar-refractivity contribution < 1.29 is 23.4 Å². The minimum Gasteiger partial charge on any atom is -0.459 e. The smallest absolute Gasteiger partial charge is 0.335 e. The molecule has 6 fully saturated rings. The van der Waals surface area contributed by atoms with Crippen LogP contribution in [0.5, 0.6) is 0 Å². The van der Waals surface area contributed by atoms with E-state index in [1.807, 2.05) is 6.07 Å². The summed E-state index contributed by atoms with van der Waals surface area (Å²) in [4.78, 5) is 26.6. The molecule has 37 heavy (non-hydrogen) atoms. The second-order valence-electron chi connectivity index (χ2n) is 13.3. The first-order valence-electron chi connectivity index (χ1n) is 14.5. The molecule has 0 amide bonds. The summed E-state index contributed by atoms with van der Waals surface area (Å²) in [5.74, 6) is 1.59. The topological polar surface area (TPSA) is 81.5 Å². The minimum absolute atomic E-state index is 0.0250. The highest BCUT2D eigenvalue weighted by atomic mass is 16.7. The van der Waals surface area contributed by atoms with Crippen LogP contribution in [0.25, 0.3) is 0 Å². The van der Waals surface area contributed by atoms with Crippen molar-refractivity contribution in [1.29, 1.82) is 0 Å². The van der Waals surface area contributed by atoms with Gasteiger partial charge in [0.05, 0.1) is 19.5 Å². The van der Waals surface area contributed by atoms with Crippen LogP contribution in [0.1, 0.15) is 77.2 Å². The lowest BCUT2D eigenvalue weighted by Crippen LogP contribution is -2.59. The van der Waals surface area contributed by atoms with Gasteiger partial charge in [-0.05, 0) is 79.7 Å². The third-order valence-electron chi connectivity index (χ3n) is 12.0. The third kappa shape index (κ3) is 3.35. The number of hydrogen-bond acceptors (Lipinski definition) is 7. The number of esters is 1. The molecule has 2 aliphatic heterocycles. The lowest BCUT2D eigenvalue weighted by atomic mass is 9.44. The Morgan fingerprint density at radius 3 is 2.59 bits per heavy atom. The van der Waals surface area contributed by atoms with E-state index in [0.717, 1.165) is 44.2 Å². The Balaban J connectivity index is 1.19. The average molecular weight is 512 g/mol. The standard InChI is InChI=1S/C30H41NO6/c1-18(32)36-26-25(19-4-7-24(33)35-17-19)29(3)11-9-22-23(30(29)27(26)37-30)6-5-20-16-21(8-10-28(20,22)2)31-12-14-34-15-13-31/h4,7,17,20-23,25-27H,5-6,8-16H2,1-3H3/t20-,21+,22+,23-,25+,26-,27-,28+,29-,30-/m1/s1. The van der Waals surface area contributed by atoms with Crippen LogP contribution in [0.15, 0.2) is 27.6 Å². The van der Waals surface area contributed by atoms with Gasteiger partial charge in [-0.1, -0.05) is 13.8 Å². The molecule has 0 unspecified atom stereocenters. The van der Waals surface area contributed by atoms with Gasteiger partial charge in [0, 0.05) is 43.5 Å². The van der Waals surface area contributed by atoms with E-state index >= 15 is 0 Å². The van der Waals surface area contributed by atoms with Gasteiger partial charge < -0.3 is 18.6 Å². The van der Waals surface area contributed by atoms with Crippen molar-refractivity contribution >= 4 is 5.97 Å². The molecule has 6 aliphatic rings. The number of rotatable bonds is 3. The Morgan fingerprint density at radius 1 is 1.05 bits per heavy atom. The van der Waals surface area contributed by atoms with Gasteiger partial charge in [-0.25, -0.2) is 4.79 Å². The zero-order chi connectivity index (χ0) is 25.6. The van der Waals surface area contributed by atoms with Crippen molar-refractivity contribution in [1.82, 2.24) is 4.90 Å². The SMILES string of the molecule is CC(=O)O[C@H]1[C@H]2O[C@]23[C@@H]2CC[C@@H]4C[C@@H](N5CCOCC5)CC[C@]4(C)[C@H]2CC[C@]3(C)[C@H]1c1ccc(=O)oc1. The third-order valence-corrected chi connectivity index (χ3v) is 12.0. The molecule has 10 atom stereocenters. The summed E-state index contributed by atoms with van der Waals surface area (Å²) in [5, 5.41) is 0. The summed E-state index contributed by atoms with van der Waals surface area (Å²) >= 11 is 0. The maximum atomic E-state index is 12.2. The summed E-state index contributed by atoms with van der Waals surface area (Å²) in [6, 6.07) is 4.06. The predicted molar refractivity (Wildman–Crippen MR) is 136 cm³/mol. The zero-order valence-corrected chi connectivity index (χ0v) is 22.4. The molecule has 3 heterocycles. The molecule has 0 bridgehead atoms. The quantitative estimate of drug-likeness (QED) is 0.446. The fraction of sp³-hybridized carbons (Fsp3) is 0.800. The number of carbonyl (C=O) groups excluding carboxylic acids is 1. The van der Waals surface area contributed by atoms with Gasteiger partial charge in [0.1, 0.15) is 17.8 Å². The first-order valence-corrected chi connectivity index (χ1v) is 14.5. The van der Waals surface area contributed by atoms with Crippen molar-refractivity contribution in [3.05, 3.63) is 34.4 Å². The Labute approximate surface area is 219 Å². The van der Waals surface area contributed by atoms with Gasteiger partial charge in [0.15, 0.2) is 0 Å². The maximum absolute atomic E-state index is 12.2. The highest BCUT2D eigenvalue weighted by molar-refractivity contribution is 5.66. The van der Waals surface area contributed by atoms with Gasteiger partial charge in [-0.3, -0.25) is 9.69 Å².